The Hall–Kier alpha value is 1.37. The third kappa shape index (κ3) is 16.1. The first-order valence-corrected chi connectivity index (χ1v) is 6.84. The predicted octanol–water partition coefficient (Wildman–Crippen LogP) is -4.40. The Balaban J connectivity index is -0.000000173. The molecule has 0 bridgehead atoms. The van der Waals surface area contributed by atoms with Crippen LogP contribution in [0.5, 0.6) is 0 Å². The molecule has 0 aliphatic heterocycles. The van der Waals surface area contributed by atoms with Gasteiger partial charge in [-0.3, -0.25) is 0 Å². The fraction of sp³-hybridized carbons (Fsp3) is 0. The van der Waals surface area contributed by atoms with Gasteiger partial charge in [0.15, 0.2) is 0 Å². The molecule has 5 N–H and O–H groups in total. The molecule has 9 nitrogen and oxygen atoms in total. The first kappa shape index (κ1) is 19.9. The van der Waals surface area contributed by atoms with Gasteiger partial charge < -0.3 is 28.7 Å². The van der Waals surface area contributed by atoms with Gasteiger partial charge in [0, 0.05) is 0 Å². The van der Waals surface area contributed by atoms with E-state index in [1.165, 1.54) is 0 Å². The van der Waals surface area contributed by atoms with Crippen molar-refractivity contribution in [3.8, 4) is 0 Å². The molecule has 1 atom stereocenters. The van der Waals surface area contributed by atoms with E-state index in [9.17, 15) is 9.13 Å². The van der Waals surface area contributed by atoms with Gasteiger partial charge in [0.2, 0.25) is 0 Å². The van der Waals surface area contributed by atoms with E-state index in [2.05, 4.69) is 0 Å². The van der Waals surface area contributed by atoms with Gasteiger partial charge in [0.05, 0.1) is 11.4 Å². The Morgan fingerprint density at radius 1 is 1.00 bits per heavy atom. The van der Waals surface area contributed by atoms with E-state index in [0.717, 1.165) is 0 Å². The van der Waals surface area contributed by atoms with Gasteiger partial charge in [0.1, 0.15) is 0 Å². The van der Waals surface area contributed by atoms with E-state index >= 15 is 0 Å². The molecule has 0 saturated carbocycles. The van der Waals surface area contributed by atoms with Crippen LogP contribution >= 0.6 is 14.6 Å². The molecule has 0 aliphatic rings. The maximum Gasteiger partial charge on any atom is 1.00 e. The Labute approximate surface area is 97.2 Å². The summed E-state index contributed by atoms with van der Waals surface area (Å²) in [5.41, 5.74) is 0. The summed E-state index contributed by atoms with van der Waals surface area (Å²) in [6, 6.07) is 0. The molecule has 13 heavy (non-hydrogen) atoms. The van der Waals surface area contributed by atoms with Gasteiger partial charge in [0.25, 0.3) is 0 Å². The molecule has 0 heterocycles. The van der Waals surface area contributed by atoms with Crippen LogP contribution in [0.15, 0.2) is 0 Å². The molecule has 76 valence electrons. The molecule has 0 spiro atoms. The van der Waals surface area contributed by atoms with Crippen LogP contribution in [0.2, 0.25) is 0 Å². The molecule has 0 saturated heterocycles. The minimum absolute atomic E-state index is 0. The minimum Gasteiger partial charge on any atom is -0.750 e. The van der Waals surface area contributed by atoms with Crippen LogP contribution < -0.4 is 29.6 Å². The maximum atomic E-state index is 9.58. The van der Waals surface area contributed by atoms with Gasteiger partial charge in [-0.05, 0) is 0 Å². The number of rotatable bonds is 1. The molecule has 0 amide bonds. The van der Waals surface area contributed by atoms with Gasteiger partial charge in [-0.1, -0.05) is 0 Å². The molecule has 0 fully saturated rings. The van der Waals surface area contributed by atoms with Crippen molar-refractivity contribution in [3.63, 3.8) is 0 Å². The van der Waals surface area contributed by atoms with E-state index in [-0.39, 0.29) is 29.6 Å². The van der Waals surface area contributed by atoms with Crippen LogP contribution in [-0.2, 0) is 20.5 Å². The van der Waals surface area contributed by atoms with Crippen molar-refractivity contribution in [1.82, 2.24) is 0 Å². The van der Waals surface area contributed by atoms with Crippen molar-refractivity contribution in [2.45, 2.75) is 0 Å². The first-order chi connectivity index (χ1) is 4.98. The van der Waals surface area contributed by atoms with Gasteiger partial charge in [-0.2, -0.15) is 0 Å². The summed E-state index contributed by atoms with van der Waals surface area (Å²) in [7, 11) is -10.4. The van der Waals surface area contributed by atoms with Crippen molar-refractivity contribution in [2.24, 2.45) is 0 Å². The van der Waals surface area contributed by atoms with Crippen molar-refractivity contribution in [2.75, 3.05) is 0 Å². The SMILES string of the molecule is O=P(O)(O)P(=O)(O)O.O=S([O-])O.[Na+]. The van der Waals surface area contributed by atoms with Gasteiger partial charge >= 0.3 is 44.1 Å². The zero-order chi connectivity index (χ0) is 10.6. The second kappa shape index (κ2) is 7.63. The molecule has 0 radical (unpaired) electrons. The van der Waals surface area contributed by atoms with E-state index in [0.29, 0.717) is 0 Å². The second-order valence-corrected chi connectivity index (χ2v) is 6.86. The predicted molar refractivity (Wildman–Crippen MR) is 35.6 cm³/mol. The van der Waals surface area contributed by atoms with Crippen LogP contribution in [0.1, 0.15) is 0 Å². The molecular formula is H5NaO9P2S. The molecule has 0 rings (SSSR count). The molecule has 0 aliphatic carbocycles. The smallest absolute Gasteiger partial charge is 0.750 e. The topological polar surface area (TPSA) is 175 Å². The number of hydrogen-bond acceptors (Lipinski definition) is 4. The Bertz CT molecular complexity index is 210. The summed E-state index contributed by atoms with van der Waals surface area (Å²) in [4.78, 5) is 30.8. The van der Waals surface area contributed by atoms with Crippen molar-refractivity contribution >= 4 is 25.9 Å². The fourth-order valence-corrected chi connectivity index (χ4v) is 0. The maximum absolute atomic E-state index is 9.58. The molecule has 1 unspecified atom stereocenters. The van der Waals surface area contributed by atoms with Crippen molar-refractivity contribution in [1.29, 1.82) is 0 Å². The summed E-state index contributed by atoms with van der Waals surface area (Å²) in [5, 5.41) is 0. The van der Waals surface area contributed by atoms with Crippen LogP contribution in [0.25, 0.3) is 0 Å². The molecular weight excluding hydrogens is 261 g/mol. The summed E-state index contributed by atoms with van der Waals surface area (Å²) in [5.74, 6) is 0. The standard InChI is InChI=1S/Na.H4O6P2.H2O3S/c;1-7(2,3)8(4,5)6;1-4(2)3/h;(H2,1,2,3)(H2,4,5,6);(H2,1,2,3)/q+1;;/p-1. The average molecular weight is 266 g/mol. The van der Waals surface area contributed by atoms with E-state index < -0.39 is 25.9 Å². The van der Waals surface area contributed by atoms with E-state index in [1.807, 2.05) is 0 Å². The largest absolute Gasteiger partial charge is 1.00 e. The summed E-state index contributed by atoms with van der Waals surface area (Å²) in [6.45, 7) is 0. The minimum atomic E-state index is -5.18. The summed E-state index contributed by atoms with van der Waals surface area (Å²) in [6.07, 6.45) is 0. The van der Waals surface area contributed by atoms with Crippen molar-refractivity contribution in [3.05, 3.63) is 0 Å². The summed E-state index contributed by atoms with van der Waals surface area (Å²) < 4.78 is 43.3. The Morgan fingerprint density at radius 2 is 1.08 bits per heavy atom. The zero-order valence-corrected chi connectivity index (χ0v) is 10.8. The van der Waals surface area contributed by atoms with E-state index in [4.69, 9.17) is 32.9 Å². The van der Waals surface area contributed by atoms with Crippen LogP contribution in [-0.4, -0.2) is 32.9 Å². The van der Waals surface area contributed by atoms with Crippen LogP contribution in [0.4, 0.5) is 0 Å². The van der Waals surface area contributed by atoms with Gasteiger partial charge in [-0.25, -0.2) is 13.3 Å². The van der Waals surface area contributed by atoms with Gasteiger partial charge in [-0.15, -0.1) is 0 Å². The van der Waals surface area contributed by atoms with Crippen LogP contribution in [0, 0.1) is 0 Å². The number of hydrogen-bond donors (Lipinski definition) is 5. The van der Waals surface area contributed by atoms with Crippen molar-refractivity contribution < 1.29 is 71.6 Å². The molecule has 0 aromatic rings. The molecule has 0 aromatic heterocycles. The first-order valence-electron chi connectivity index (χ1n) is 1.88. The third-order valence-corrected chi connectivity index (χ3v) is 3.05. The summed E-state index contributed by atoms with van der Waals surface area (Å²) >= 11 is -2.86. The van der Waals surface area contributed by atoms with Crippen LogP contribution in [0.3, 0.4) is 0 Å². The quantitative estimate of drug-likeness (QED) is 0.178. The Morgan fingerprint density at radius 3 is 1.08 bits per heavy atom. The third-order valence-electron chi connectivity index (χ3n) is 0.339. The zero-order valence-electron chi connectivity index (χ0n) is 6.17. The normalized spacial score (nSPS) is 13.4. The Kier molecular flexibility index (Phi) is 11.7. The molecule has 13 heteroatoms. The second-order valence-electron chi connectivity index (χ2n) is 1.24. The monoisotopic (exact) mass is 266 g/mol. The van der Waals surface area contributed by atoms with E-state index in [1.54, 1.807) is 0 Å². The average Bonchev–Trinajstić information content (AvgIpc) is 1.55. The fourth-order valence-electron chi connectivity index (χ4n) is 0. The molecule has 0 aromatic carbocycles.